The third kappa shape index (κ3) is 4.13. The van der Waals surface area contributed by atoms with E-state index in [1.807, 2.05) is 0 Å². The third-order valence-electron chi connectivity index (χ3n) is 4.27. The van der Waals surface area contributed by atoms with E-state index in [9.17, 15) is 9.59 Å². The van der Waals surface area contributed by atoms with Crippen LogP contribution in [0.25, 0.3) is 10.2 Å². The maximum atomic E-state index is 12.1. The third-order valence-corrected chi connectivity index (χ3v) is 6.46. The lowest BCUT2D eigenvalue weighted by Crippen LogP contribution is -2.37. The molecule has 5 nitrogen and oxygen atoms in total. The van der Waals surface area contributed by atoms with Crippen LogP contribution in [-0.4, -0.2) is 27.5 Å². The minimum absolute atomic E-state index is 0.00226. The first-order valence-electron chi connectivity index (χ1n) is 8.37. The fraction of sp³-hybridized carbons (Fsp3) is 0.529. The van der Waals surface area contributed by atoms with Gasteiger partial charge in [0, 0.05) is 16.2 Å². The topological polar surface area (TPSA) is 72.0 Å². The predicted molar refractivity (Wildman–Crippen MR) is 97.2 cm³/mol. The van der Waals surface area contributed by atoms with Crippen molar-refractivity contribution in [3.8, 4) is 0 Å². The molecule has 1 saturated carbocycles. The van der Waals surface area contributed by atoms with Gasteiger partial charge < -0.3 is 0 Å². The number of nitrogens with zero attached hydrogens (tertiary/aromatic N) is 2. The fourth-order valence-electron chi connectivity index (χ4n) is 2.95. The molecule has 0 spiro atoms. The van der Waals surface area contributed by atoms with E-state index in [4.69, 9.17) is 0 Å². The molecule has 0 saturated heterocycles. The van der Waals surface area contributed by atoms with Crippen LogP contribution in [-0.2, 0) is 16.0 Å². The van der Waals surface area contributed by atoms with E-state index in [0.29, 0.717) is 0 Å². The molecule has 24 heavy (non-hydrogen) atoms. The number of fused-ring (bicyclic) bond motifs is 1. The lowest BCUT2D eigenvalue weighted by atomic mass is 9.89. The Morgan fingerprint density at radius 1 is 1.29 bits per heavy atom. The highest BCUT2D eigenvalue weighted by Gasteiger charge is 2.22. The molecule has 0 unspecified atom stereocenters. The SMILES string of the molecule is CCc1cc2c(SCC(=O)NC(=O)C3CCCCC3)ncnc2s1. The molecule has 0 atom stereocenters. The van der Waals surface area contributed by atoms with Crippen LogP contribution < -0.4 is 5.32 Å². The molecule has 2 aromatic rings. The molecule has 3 rings (SSSR count). The zero-order chi connectivity index (χ0) is 16.9. The van der Waals surface area contributed by atoms with Gasteiger partial charge in [-0.3, -0.25) is 14.9 Å². The molecule has 1 N–H and O–H groups in total. The Bertz CT molecular complexity index is 739. The molecule has 1 aliphatic rings. The molecule has 0 bridgehead atoms. The van der Waals surface area contributed by atoms with Crippen molar-refractivity contribution in [3.63, 3.8) is 0 Å². The summed E-state index contributed by atoms with van der Waals surface area (Å²) >= 11 is 3.02. The lowest BCUT2D eigenvalue weighted by Gasteiger charge is -2.20. The Morgan fingerprint density at radius 2 is 2.08 bits per heavy atom. The van der Waals surface area contributed by atoms with Crippen molar-refractivity contribution in [1.29, 1.82) is 0 Å². The predicted octanol–water partition coefficient (Wildman–Crippen LogP) is 3.57. The number of aromatic nitrogens is 2. The van der Waals surface area contributed by atoms with E-state index in [1.54, 1.807) is 11.3 Å². The van der Waals surface area contributed by atoms with Crippen LogP contribution in [0.2, 0.25) is 0 Å². The summed E-state index contributed by atoms with van der Waals surface area (Å²) < 4.78 is 0. The summed E-state index contributed by atoms with van der Waals surface area (Å²) in [5.41, 5.74) is 0. The molecule has 128 valence electrons. The fourth-order valence-corrected chi connectivity index (χ4v) is 4.72. The maximum Gasteiger partial charge on any atom is 0.236 e. The summed E-state index contributed by atoms with van der Waals surface area (Å²) in [5.74, 6) is -0.158. The molecule has 7 heteroatoms. The molecule has 2 amide bonds. The van der Waals surface area contributed by atoms with Crippen molar-refractivity contribution in [2.75, 3.05) is 5.75 Å². The van der Waals surface area contributed by atoms with E-state index in [2.05, 4.69) is 28.3 Å². The molecule has 1 fully saturated rings. The van der Waals surface area contributed by atoms with E-state index < -0.39 is 0 Å². The molecular weight excluding hydrogens is 342 g/mol. The first-order chi connectivity index (χ1) is 11.7. The largest absolute Gasteiger partial charge is 0.295 e. The summed E-state index contributed by atoms with van der Waals surface area (Å²) in [6.45, 7) is 2.11. The van der Waals surface area contributed by atoms with Crippen molar-refractivity contribution < 1.29 is 9.59 Å². The van der Waals surface area contributed by atoms with Gasteiger partial charge in [0.05, 0.1) is 5.75 Å². The van der Waals surface area contributed by atoms with Gasteiger partial charge in [0.2, 0.25) is 11.8 Å². The van der Waals surface area contributed by atoms with Gasteiger partial charge >= 0.3 is 0 Å². The quantitative estimate of drug-likeness (QED) is 0.649. The summed E-state index contributed by atoms with van der Waals surface area (Å²) in [5, 5.41) is 4.34. The lowest BCUT2D eigenvalue weighted by molar-refractivity contribution is -0.132. The zero-order valence-electron chi connectivity index (χ0n) is 13.7. The van der Waals surface area contributed by atoms with Gasteiger partial charge in [0.15, 0.2) is 0 Å². The van der Waals surface area contributed by atoms with Gasteiger partial charge in [-0.25, -0.2) is 9.97 Å². The van der Waals surface area contributed by atoms with Crippen LogP contribution >= 0.6 is 23.1 Å². The number of nitrogens with one attached hydrogen (secondary N) is 1. The summed E-state index contributed by atoms with van der Waals surface area (Å²) in [4.78, 5) is 35.0. The van der Waals surface area contributed by atoms with E-state index in [0.717, 1.165) is 47.3 Å². The van der Waals surface area contributed by atoms with Crippen molar-refractivity contribution in [2.24, 2.45) is 5.92 Å². The minimum atomic E-state index is -0.242. The Labute approximate surface area is 149 Å². The average Bonchev–Trinajstić information content (AvgIpc) is 3.04. The Morgan fingerprint density at radius 3 is 2.83 bits per heavy atom. The average molecular weight is 364 g/mol. The highest BCUT2D eigenvalue weighted by atomic mass is 32.2. The molecule has 2 aromatic heterocycles. The van der Waals surface area contributed by atoms with E-state index in [1.165, 1.54) is 29.4 Å². The number of aryl methyl sites for hydroxylation is 1. The number of imide groups is 1. The smallest absolute Gasteiger partial charge is 0.236 e. The second-order valence-electron chi connectivity index (χ2n) is 6.00. The Balaban J connectivity index is 1.58. The Kier molecular flexibility index (Phi) is 5.84. The van der Waals surface area contributed by atoms with Crippen LogP contribution in [0.5, 0.6) is 0 Å². The number of carbonyl (C=O) groups is 2. The summed E-state index contributed by atoms with van der Waals surface area (Å²) in [6, 6.07) is 2.09. The molecule has 1 aliphatic carbocycles. The number of hydrogen-bond donors (Lipinski definition) is 1. The first-order valence-corrected chi connectivity index (χ1v) is 10.2. The molecule has 0 aliphatic heterocycles. The second-order valence-corrected chi connectivity index (χ2v) is 8.08. The molecule has 2 heterocycles. The van der Waals surface area contributed by atoms with Crippen molar-refractivity contribution in [1.82, 2.24) is 15.3 Å². The van der Waals surface area contributed by atoms with Crippen LogP contribution in [0, 0.1) is 5.92 Å². The molecular formula is C17H21N3O2S2. The van der Waals surface area contributed by atoms with Crippen LogP contribution in [0.4, 0.5) is 0 Å². The van der Waals surface area contributed by atoms with Gasteiger partial charge in [-0.05, 0) is 25.3 Å². The van der Waals surface area contributed by atoms with Crippen LogP contribution in [0.3, 0.4) is 0 Å². The number of rotatable bonds is 5. The van der Waals surface area contributed by atoms with Crippen LogP contribution in [0.1, 0.15) is 43.9 Å². The molecule has 0 aromatic carbocycles. The van der Waals surface area contributed by atoms with Gasteiger partial charge in [-0.1, -0.05) is 37.9 Å². The van der Waals surface area contributed by atoms with Crippen molar-refractivity contribution >= 4 is 45.1 Å². The van der Waals surface area contributed by atoms with Gasteiger partial charge in [-0.15, -0.1) is 11.3 Å². The van der Waals surface area contributed by atoms with E-state index >= 15 is 0 Å². The maximum absolute atomic E-state index is 12.1. The number of thiophene rings is 1. The highest BCUT2D eigenvalue weighted by Crippen LogP contribution is 2.31. The highest BCUT2D eigenvalue weighted by molar-refractivity contribution is 8.00. The van der Waals surface area contributed by atoms with Crippen molar-refractivity contribution in [2.45, 2.75) is 50.5 Å². The van der Waals surface area contributed by atoms with Gasteiger partial charge in [0.1, 0.15) is 16.2 Å². The number of hydrogen-bond acceptors (Lipinski definition) is 6. The zero-order valence-corrected chi connectivity index (χ0v) is 15.3. The second kappa shape index (κ2) is 8.07. The van der Waals surface area contributed by atoms with Crippen LogP contribution in [0.15, 0.2) is 17.4 Å². The first kappa shape index (κ1) is 17.4. The summed E-state index contributed by atoms with van der Waals surface area (Å²) in [7, 11) is 0. The van der Waals surface area contributed by atoms with E-state index in [-0.39, 0.29) is 23.5 Å². The number of amides is 2. The number of thioether (sulfide) groups is 1. The molecule has 0 radical (unpaired) electrons. The standard InChI is InChI=1S/C17H21N3O2S2/c1-2-12-8-13-16(18-10-19-17(13)24-12)23-9-14(21)20-15(22)11-6-4-3-5-7-11/h8,10-11H,2-7,9H2,1H3,(H,20,21,22). The number of carbonyl (C=O) groups excluding carboxylic acids is 2. The Hall–Kier alpha value is -1.47. The van der Waals surface area contributed by atoms with Crippen molar-refractivity contribution in [3.05, 3.63) is 17.3 Å². The summed E-state index contributed by atoms with van der Waals surface area (Å²) in [6.07, 6.45) is 7.64. The normalized spacial score (nSPS) is 15.5. The van der Waals surface area contributed by atoms with Gasteiger partial charge in [-0.2, -0.15) is 0 Å². The van der Waals surface area contributed by atoms with Gasteiger partial charge in [0.25, 0.3) is 0 Å². The minimum Gasteiger partial charge on any atom is -0.295 e. The monoisotopic (exact) mass is 363 g/mol.